The summed E-state index contributed by atoms with van der Waals surface area (Å²) < 4.78 is 45.7. The molecule has 0 fully saturated rings. The molecule has 0 saturated heterocycles. The highest BCUT2D eigenvalue weighted by Crippen LogP contribution is 2.23. The number of anilines is 1. The van der Waals surface area contributed by atoms with Crippen molar-refractivity contribution in [2.75, 3.05) is 25.9 Å². The van der Waals surface area contributed by atoms with Gasteiger partial charge in [-0.1, -0.05) is 0 Å². The van der Waals surface area contributed by atoms with E-state index < -0.39 is 27.4 Å². The summed E-state index contributed by atoms with van der Waals surface area (Å²) in [7, 11) is 0.210. The highest BCUT2D eigenvalue weighted by molar-refractivity contribution is 7.92. The first-order chi connectivity index (χ1) is 12.6. The second-order valence-corrected chi connectivity index (χ2v) is 7.65. The average Bonchev–Trinajstić information content (AvgIpc) is 2.62. The number of carbonyl (C=O) groups is 2. The Balaban J connectivity index is 2.37. The fourth-order valence-corrected chi connectivity index (χ4v) is 3.47. The minimum atomic E-state index is -4.09. The summed E-state index contributed by atoms with van der Waals surface area (Å²) in [5, 5.41) is 0. The van der Waals surface area contributed by atoms with Gasteiger partial charge >= 0.3 is 5.97 Å². The van der Waals surface area contributed by atoms with Crippen LogP contribution in [-0.2, 0) is 14.8 Å². The summed E-state index contributed by atoms with van der Waals surface area (Å²) in [5.74, 6) is -2.08. The van der Waals surface area contributed by atoms with Gasteiger partial charge in [-0.2, -0.15) is 0 Å². The largest absolute Gasteiger partial charge is 0.465 e. The van der Waals surface area contributed by atoms with Crippen LogP contribution in [0.3, 0.4) is 0 Å². The third-order valence-electron chi connectivity index (χ3n) is 3.78. The molecule has 0 spiro atoms. The normalized spacial score (nSPS) is 11.0. The van der Waals surface area contributed by atoms with Gasteiger partial charge in [0.2, 0.25) is 0 Å². The number of methoxy groups -OCH3 is 1. The summed E-state index contributed by atoms with van der Waals surface area (Å²) >= 11 is 0. The third kappa shape index (κ3) is 4.43. The molecule has 0 aliphatic carbocycles. The van der Waals surface area contributed by atoms with E-state index in [4.69, 9.17) is 0 Å². The summed E-state index contributed by atoms with van der Waals surface area (Å²) in [6.45, 7) is 1.65. The monoisotopic (exact) mass is 394 g/mol. The molecule has 2 aromatic rings. The quantitative estimate of drug-likeness (QED) is 0.787. The van der Waals surface area contributed by atoms with E-state index in [1.807, 2.05) is 0 Å². The number of aryl methyl sites for hydroxylation is 1. The molecule has 2 rings (SSSR count). The molecule has 2 aromatic carbocycles. The number of nitrogens with zero attached hydrogens (tertiary/aromatic N) is 1. The van der Waals surface area contributed by atoms with Crippen molar-refractivity contribution in [3.05, 3.63) is 58.9 Å². The Morgan fingerprint density at radius 3 is 2.33 bits per heavy atom. The van der Waals surface area contributed by atoms with Crippen molar-refractivity contribution < 1.29 is 27.1 Å². The summed E-state index contributed by atoms with van der Waals surface area (Å²) in [5.41, 5.74) is 0.718. The van der Waals surface area contributed by atoms with Crippen molar-refractivity contribution >= 4 is 27.6 Å². The van der Waals surface area contributed by atoms with Gasteiger partial charge in [-0.15, -0.1) is 0 Å². The van der Waals surface area contributed by atoms with E-state index in [9.17, 15) is 22.4 Å². The Bertz CT molecular complexity index is 1000. The maximum atomic E-state index is 13.7. The zero-order chi connectivity index (χ0) is 20.4. The Hall–Kier alpha value is -2.94. The number of rotatable bonds is 5. The van der Waals surface area contributed by atoms with E-state index in [0.29, 0.717) is 11.1 Å². The lowest BCUT2D eigenvalue weighted by Crippen LogP contribution is -2.22. The van der Waals surface area contributed by atoms with Gasteiger partial charge in [0.1, 0.15) is 5.82 Å². The molecule has 0 atom stereocenters. The number of hydrogen-bond acceptors (Lipinski definition) is 5. The maximum Gasteiger partial charge on any atom is 0.340 e. The minimum absolute atomic E-state index is 0.214. The molecule has 7 nitrogen and oxygen atoms in total. The predicted molar refractivity (Wildman–Crippen MR) is 97.7 cm³/mol. The molecule has 144 valence electrons. The highest BCUT2D eigenvalue weighted by Gasteiger charge is 2.21. The number of ether oxygens (including phenoxy) is 1. The maximum absolute atomic E-state index is 13.7. The van der Waals surface area contributed by atoms with Crippen LogP contribution in [0.5, 0.6) is 0 Å². The zero-order valence-electron chi connectivity index (χ0n) is 15.2. The lowest BCUT2D eigenvalue weighted by Gasteiger charge is -2.14. The Morgan fingerprint density at radius 2 is 1.78 bits per heavy atom. The van der Waals surface area contributed by atoms with Gasteiger partial charge in [0.05, 0.1) is 23.3 Å². The molecule has 0 bridgehead atoms. The number of nitrogens with one attached hydrogen (secondary N) is 1. The molecule has 0 aliphatic heterocycles. The fourth-order valence-electron chi connectivity index (χ4n) is 2.31. The van der Waals surface area contributed by atoms with Crippen LogP contribution in [0.15, 0.2) is 41.3 Å². The first-order valence-electron chi connectivity index (χ1n) is 7.80. The number of carbonyl (C=O) groups excluding carboxylic acids is 2. The molecule has 1 N–H and O–H groups in total. The number of hydrogen-bond donors (Lipinski definition) is 1. The van der Waals surface area contributed by atoms with Gasteiger partial charge in [-0.3, -0.25) is 9.52 Å². The van der Waals surface area contributed by atoms with E-state index in [1.54, 1.807) is 27.1 Å². The molecule has 0 radical (unpaired) electrons. The van der Waals surface area contributed by atoms with E-state index in [2.05, 4.69) is 9.46 Å². The molecular formula is C18H19FN2O5S. The number of benzene rings is 2. The van der Waals surface area contributed by atoms with E-state index in [-0.39, 0.29) is 16.5 Å². The van der Waals surface area contributed by atoms with E-state index in [1.165, 1.54) is 17.0 Å². The molecule has 9 heteroatoms. The lowest BCUT2D eigenvalue weighted by atomic mass is 10.1. The predicted octanol–water partition coefficient (Wildman–Crippen LogP) is 2.42. The second kappa shape index (κ2) is 7.75. The standard InChI is InChI=1S/C18H19FN2O5S/c1-11-9-12(17(22)21(2)3)5-8-16(11)20-27(24,25)13-6-7-15(19)14(10-13)18(23)26-4/h5-10,20H,1-4H3. The summed E-state index contributed by atoms with van der Waals surface area (Å²) in [6, 6.07) is 7.36. The van der Waals surface area contributed by atoms with E-state index in [0.717, 1.165) is 25.3 Å². The number of esters is 1. The van der Waals surface area contributed by atoms with Crippen LogP contribution in [0.4, 0.5) is 10.1 Å². The molecule has 0 saturated carbocycles. The SMILES string of the molecule is COC(=O)c1cc(S(=O)(=O)Nc2ccc(C(=O)N(C)C)cc2C)ccc1F. The zero-order valence-corrected chi connectivity index (χ0v) is 16.1. The average molecular weight is 394 g/mol. The van der Waals surface area contributed by atoms with Crippen LogP contribution in [0.2, 0.25) is 0 Å². The van der Waals surface area contributed by atoms with E-state index >= 15 is 0 Å². The molecule has 0 aromatic heterocycles. The van der Waals surface area contributed by atoms with Crippen molar-refractivity contribution in [1.29, 1.82) is 0 Å². The van der Waals surface area contributed by atoms with Gasteiger partial charge in [-0.25, -0.2) is 17.6 Å². The van der Waals surface area contributed by atoms with Crippen LogP contribution in [0.25, 0.3) is 0 Å². The van der Waals surface area contributed by atoms with Gasteiger partial charge in [-0.05, 0) is 48.9 Å². The smallest absolute Gasteiger partial charge is 0.340 e. The van der Waals surface area contributed by atoms with Gasteiger partial charge in [0, 0.05) is 19.7 Å². The topological polar surface area (TPSA) is 92.8 Å². The molecule has 0 aliphatic rings. The number of halogens is 1. The lowest BCUT2D eigenvalue weighted by molar-refractivity contribution is 0.0595. The Morgan fingerprint density at radius 1 is 1.11 bits per heavy atom. The van der Waals surface area contributed by atoms with Crippen molar-refractivity contribution in [2.24, 2.45) is 0 Å². The van der Waals surface area contributed by atoms with Crippen LogP contribution < -0.4 is 4.72 Å². The number of amides is 1. The van der Waals surface area contributed by atoms with Crippen LogP contribution in [-0.4, -0.2) is 46.4 Å². The molecule has 0 heterocycles. The van der Waals surface area contributed by atoms with Crippen molar-refractivity contribution in [3.63, 3.8) is 0 Å². The number of sulfonamides is 1. The molecule has 27 heavy (non-hydrogen) atoms. The second-order valence-electron chi connectivity index (χ2n) is 5.97. The van der Waals surface area contributed by atoms with Gasteiger partial charge in [0.15, 0.2) is 0 Å². The van der Waals surface area contributed by atoms with Crippen LogP contribution >= 0.6 is 0 Å². The van der Waals surface area contributed by atoms with Crippen LogP contribution in [0, 0.1) is 12.7 Å². The van der Waals surface area contributed by atoms with Gasteiger partial charge < -0.3 is 9.64 Å². The summed E-state index contributed by atoms with van der Waals surface area (Å²) in [4.78, 5) is 24.7. The fraction of sp³-hybridized carbons (Fsp3) is 0.222. The van der Waals surface area contributed by atoms with Crippen molar-refractivity contribution in [2.45, 2.75) is 11.8 Å². The molecule has 0 unspecified atom stereocenters. The summed E-state index contributed by atoms with van der Waals surface area (Å²) in [6.07, 6.45) is 0. The molecular weight excluding hydrogens is 375 g/mol. The third-order valence-corrected chi connectivity index (χ3v) is 5.14. The Kier molecular flexibility index (Phi) is 5.85. The van der Waals surface area contributed by atoms with Crippen LogP contribution in [0.1, 0.15) is 26.3 Å². The molecule has 1 amide bonds. The first kappa shape index (κ1) is 20.4. The van der Waals surface area contributed by atoms with Gasteiger partial charge in [0.25, 0.3) is 15.9 Å². The highest BCUT2D eigenvalue weighted by atomic mass is 32.2. The Labute approximate surface area is 156 Å². The minimum Gasteiger partial charge on any atom is -0.465 e. The van der Waals surface area contributed by atoms with Crippen molar-refractivity contribution in [1.82, 2.24) is 4.90 Å². The first-order valence-corrected chi connectivity index (χ1v) is 9.28. The van der Waals surface area contributed by atoms with Crippen molar-refractivity contribution in [3.8, 4) is 0 Å².